The molecular weight excluding hydrogens is 244 g/mol. The van der Waals surface area contributed by atoms with Crippen LogP contribution in [0, 0.1) is 12.8 Å². The Kier molecular flexibility index (Phi) is 7.25. The van der Waals surface area contributed by atoms with Gasteiger partial charge in [-0.25, -0.2) is 0 Å². The van der Waals surface area contributed by atoms with Crippen molar-refractivity contribution in [3.05, 3.63) is 35.4 Å². The molecule has 1 aromatic rings. The van der Waals surface area contributed by atoms with Gasteiger partial charge in [-0.05, 0) is 50.9 Å². The van der Waals surface area contributed by atoms with E-state index in [9.17, 15) is 0 Å². The summed E-state index contributed by atoms with van der Waals surface area (Å²) in [6, 6.07) is 9.76. The van der Waals surface area contributed by atoms with Gasteiger partial charge in [0.05, 0.1) is 0 Å². The first-order chi connectivity index (χ1) is 9.47. The molecule has 2 unspecified atom stereocenters. The van der Waals surface area contributed by atoms with Crippen molar-refractivity contribution in [2.24, 2.45) is 5.92 Å². The SMILES string of the molecule is CCCNC(CN(C)C(C)C(C)C)c1ccccc1C. The highest BCUT2D eigenvalue weighted by Crippen LogP contribution is 2.20. The number of nitrogens with one attached hydrogen (secondary N) is 1. The molecule has 2 atom stereocenters. The summed E-state index contributed by atoms with van der Waals surface area (Å²) in [6.45, 7) is 13.5. The van der Waals surface area contributed by atoms with Crippen LogP contribution < -0.4 is 5.32 Å². The number of hydrogen-bond acceptors (Lipinski definition) is 2. The van der Waals surface area contributed by atoms with Gasteiger partial charge in [0.25, 0.3) is 0 Å². The number of rotatable bonds is 8. The third-order valence-corrected chi connectivity index (χ3v) is 4.34. The molecule has 2 nitrogen and oxygen atoms in total. The van der Waals surface area contributed by atoms with E-state index in [0.717, 1.165) is 13.1 Å². The molecule has 0 amide bonds. The van der Waals surface area contributed by atoms with Gasteiger partial charge in [0.2, 0.25) is 0 Å². The molecule has 0 spiro atoms. The summed E-state index contributed by atoms with van der Waals surface area (Å²) in [6.07, 6.45) is 1.17. The fourth-order valence-electron chi connectivity index (χ4n) is 2.53. The third kappa shape index (κ3) is 4.92. The molecule has 1 rings (SSSR count). The Morgan fingerprint density at radius 3 is 2.35 bits per heavy atom. The average molecular weight is 276 g/mol. The van der Waals surface area contributed by atoms with Gasteiger partial charge < -0.3 is 10.2 Å². The molecule has 20 heavy (non-hydrogen) atoms. The van der Waals surface area contributed by atoms with Crippen LogP contribution in [0.1, 0.15) is 51.3 Å². The fourth-order valence-corrected chi connectivity index (χ4v) is 2.53. The summed E-state index contributed by atoms with van der Waals surface area (Å²) in [7, 11) is 2.24. The molecule has 2 heteroatoms. The molecule has 0 saturated heterocycles. The van der Waals surface area contributed by atoms with Crippen molar-refractivity contribution in [2.75, 3.05) is 20.1 Å². The van der Waals surface area contributed by atoms with Crippen LogP contribution in [0.2, 0.25) is 0 Å². The van der Waals surface area contributed by atoms with Crippen molar-refractivity contribution in [1.82, 2.24) is 10.2 Å². The summed E-state index contributed by atoms with van der Waals surface area (Å²) in [4.78, 5) is 2.48. The molecule has 1 N–H and O–H groups in total. The van der Waals surface area contributed by atoms with Gasteiger partial charge >= 0.3 is 0 Å². The molecule has 0 fully saturated rings. The predicted molar refractivity (Wildman–Crippen MR) is 89.1 cm³/mol. The molecule has 0 aliphatic rings. The summed E-state index contributed by atoms with van der Waals surface area (Å²) in [5, 5.41) is 3.71. The molecule has 0 aliphatic heterocycles. The number of likely N-dealkylation sites (N-methyl/N-ethyl adjacent to an activating group) is 1. The molecule has 0 bridgehead atoms. The maximum absolute atomic E-state index is 3.71. The van der Waals surface area contributed by atoms with Crippen molar-refractivity contribution in [2.45, 2.75) is 53.1 Å². The van der Waals surface area contributed by atoms with Crippen molar-refractivity contribution < 1.29 is 0 Å². The number of hydrogen-bond donors (Lipinski definition) is 1. The zero-order chi connectivity index (χ0) is 15.1. The van der Waals surface area contributed by atoms with Crippen LogP contribution in [0.5, 0.6) is 0 Å². The zero-order valence-corrected chi connectivity index (χ0v) is 14.1. The van der Waals surface area contributed by atoms with E-state index in [0.29, 0.717) is 18.0 Å². The maximum atomic E-state index is 3.71. The standard InChI is InChI=1S/C18H32N2/c1-7-12-19-18(13-20(6)16(5)14(2)3)17-11-9-8-10-15(17)4/h8-11,14,16,18-19H,7,12-13H2,1-6H3. The Hall–Kier alpha value is -0.860. The van der Waals surface area contributed by atoms with Crippen molar-refractivity contribution in [3.8, 4) is 0 Å². The van der Waals surface area contributed by atoms with Crippen LogP contribution in [-0.4, -0.2) is 31.1 Å². The minimum Gasteiger partial charge on any atom is -0.309 e. The number of benzene rings is 1. The summed E-state index contributed by atoms with van der Waals surface area (Å²) >= 11 is 0. The van der Waals surface area contributed by atoms with Gasteiger partial charge in [0.15, 0.2) is 0 Å². The van der Waals surface area contributed by atoms with E-state index in [1.807, 2.05) is 0 Å². The topological polar surface area (TPSA) is 15.3 Å². The molecule has 0 aromatic heterocycles. The van der Waals surface area contributed by atoms with E-state index in [-0.39, 0.29) is 0 Å². The minimum absolute atomic E-state index is 0.419. The molecule has 0 aliphatic carbocycles. The van der Waals surface area contributed by atoms with Crippen LogP contribution in [0.4, 0.5) is 0 Å². The van der Waals surface area contributed by atoms with E-state index in [2.05, 4.69) is 76.1 Å². The molecule has 0 radical (unpaired) electrons. The third-order valence-electron chi connectivity index (χ3n) is 4.34. The van der Waals surface area contributed by atoms with E-state index < -0.39 is 0 Å². The predicted octanol–water partition coefficient (Wildman–Crippen LogP) is 4.01. The van der Waals surface area contributed by atoms with Gasteiger partial charge in [-0.1, -0.05) is 45.0 Å². The van der Waals surface area contributed by atoms with Crippen LogP contribution in [0.25, 0.3) is 0 Å². The molecule has 114 valence electrons. The summed E-state index contributed by atoms with van der Waals surface area (Å²) in [5.74, 6) is 0.684. The molecule has 1 aromatic carbocycles. The lowest BCUT2D eigenvalue weighted by Crippen LogP contribution is -2.40. The lowest BCUT2D eigenvalue weighted by Gasteiger charge is -2.32. The fraction of sp³-hybridized carbons (Fsp3) is 0.667. The molecular formula is C18H32N2. The Labute approximate surface area is 125 Å². The maximum Gasteiger partial charge on any atom is 0.0451 e. The second-order valence-electron chi connectivity index (χ2n) is 6.29. The van der Waals surface area contributed by atoms with Gasteiger partial charge in [0, 0.05) is 18.6 Å². The average Bonchev–Trinajstić information content (AvgIpc) is 2.43. The first-order valence-corrected chi connectivity index (χ1v) is 7.96. The molecule has 0 saturated carbocycles. The van der Waals surface area contributed by atoms with Crippen LogP contribution in [0.15, 0.2) is 24.3 Å². The summed E-state index contributed by atoms with van der Waals surface area (Å²) < 4.78 is 0. The van der Waals surface area contributed by atoms with Crippen molar-refractivity contribution >= 4 is 0 Å². The Balaban J connectivity index is 2.82. The van der Waals surface area contributed by atoms with Crippen LogP contribution >= 0.6 is 0 Å². The van der Waals surface area contributed by atoms with Gasteiger partial charge in [0.1, 0.15) is 0 Å². The van der Waals surface area contributed by atoms with E-state index >= 15 is 0 Å². The second kappa shape index (κ2) is 8.43. The smallest absolute Gasteiger partial charge is 0.0451 e. The first kappa shape index (κ1) is 17.2. The lowest BCUT2D eigenvalue weighted by molar-refractivity contribution is 0.188. The van der Waals surface area contributed by atoms with Crippen molar-refractivity contribution in [1.29, 1.82) is 0 Å². The highest BCUT2D eigenvalue weighted by Gasteiger charge is 2.19. The van der Waals surface area contributed by atoms with E-state index in [4.69, 9.17) is 0 Å². The Bertz CT molecular complexity index is 387. The van der Waals surface area contributed by atoms with Crippen LogP contribution in [-0.2, 0) is 0 Å². The van der Waals surface area contributed by atoms with Crippen LogP contribution in [0.3, 0.4) is 0 Å². The van der Waals surface area contributed by atoms with Gasteiger partial charge in [-0.15, -0.1) is 0 Å². The monoisotopic (exact) mass is 276 g/mol. The normalized spacial score (nSPS) is 14.8. The van der Waals surface area contributed by atoms with E-state index in [1.54, 1.807) is 0 Å². The lowest BCUT2D eigenvalue weighted by atomic mass is 9.99. The highest BCUT2D eigenvalue weighted by molar-refractivity contribution is 5.29. The highest BCUT2D eigenvalue weighted by atomic mass is 15.2. The van der Waals surface area contributed by atoms with Crippen molar-refractivity contribution in [3.63, 3.8) is 0 Å². The Morgan fingerprint density at radius 1 is 1.15 bits per heavy atom. The van der Waals surface area contributed by atoms with Gasteiger partial charge in [-0.2, -0.15) is 0 Å². The second-order valence-corrected chi connectivity index (χ2v) is 6.29. The van der Waals surface area contributed by atoms with E-state index in [1.165, 1.54) is 17.5 Å². The number of aryl methyl sites for hydroxylation is 1. The first-order valence-electron chi connectivity index (χ1n) is 7.96. The Morgan fingerprint density at radius 2 is 1.80 bits per heavy atom. The zero-order valence-electron chi connectivity index (χ0n) is 14.1. The minimum atomic E-state index is 0.419. The summed E-state index contributed by atoms with van der Waals surface area (Å²) in [5.41, 5.74) is 2.82. The molecule has 0 heterocycles. The van der Waals surface area contributed by atoms with Gasteiger partial charge in [-0.3, -0.25) is 0 Å². The number of nitrogens with zero attached hydrogens (tertiary/aromatic N) is 1. The quantitative estimate of drug-likeness (QED) is 0.771. The largest absolute Gasteiger partial charge is 0.309 e.